The zero-order chi connectivity index (χ0) is 14.4. The lowest BCUT2D eigenvalue weighted by atomic mass is 10.3. The van der Waals surface area contributed by atoms with Crippen LogP contribution in [0.5, 0.6) is 0 Å². The van der Waals surface area contributed by atoms with Gasteiger partial charge in [0.25, 0.3) is 0 Å². The summed E-state index contributed by atoms with van der Waals surface area (Å²) in [4.78, 5) is 4.29. The molecule has 6 heteroatoms. The topological polar surface area (TPSA) is 39.1 Å². The Morgan fingerprint density at radius 1 is 1.35 bits per heavy atom. The zero-order valence-electron chi connectivity index (χ0n) is 11.3. The number of rotatable bonds is 7. The maximum absolute atomic E-state index is 6.13. The molecule has 4 nitrogen and oxygen atoms in total. The van der Waals surface area contributed by atoms with Crippen LogP contribution in [-0.2, 0) is 11.3 Å². The molecule has 0 fully saturated rings. The summed E-state index contributed by atoms with van der Waals surface area (Å²) in [6, 6.07) is 5.29. The van der Waals surface area contributed by atoms with Gasteiger partial charge >= 0.3 is 0 Å². The summed E-state index contributed by atoms with van der Waals surface area (Å²) in [6.07, 6.45) is 4.61. The summed E-state index contributed by atoms with van der Waals surface area (Å²) in [5.41, 5.74) is 0.747. The van der Waals surface area contributed by atoms with E-state index in [1.807, 2.05) is 17.7 Å². The molecule has 0 unspecified atom stereocenters. The Morgan fingerprint density at radius 3 is 3.00 bits per heavy atom. The fourth-order valence-corrected chi connectivity index (χ4v) is 2.15. The Balaban J connectivity index is 2.02. The molecule has 0 radical (unpaired) electrons. The quantitative estimate of drug-likeness (QED) is 0.772. The zero-order valence-corrected chi connectivity index (χ0v) is 12.8. The Bertz CT molecular complexity index is 557. The van der Waals surface area contributed by atoms with Gasteiger partial charge in [-0.25, -0.2) is 4.98 Å². The van der Waals surface area contributed by atoms with Gasteiger partial charge in [0.1, 0.15) is 0 Å². The van der Waals surface area contributed by atoms with Crippen LogP contribution in [0.2, 0.25) is 10.0 Å². The third-order valence-corrected chi connectivity index (χ3v) is 3.35. The molecule has 1 aromatic carbocycles. The van der Waals surface area contributed by atoms with Crippen molar-refractivity contribution in [2.75, 3.05) is 18.5 Å². The fraction of sp³-hybridized carbons (Fsp3) is 0.357. The minimum absolute atomic E-state index is 0.610. The van der Waals surface area contributed by atoms with E-state index in [-0.39, 0.29) is 0 Å². The van der Waals surface area contributed by atoms with E-state index in [0.29, 0.717) is 10.0 Å². The van der Waals surface area contributed by atoms with Gasteiger partial charge in [0.05, 0.1) is 10.7 Å². The van der Waals surface area contributed by atoms with Crippen LogP contribution in [0.1, 0.15) is 13.3 Å². The minimum Gasteiger partial charge on any atom is -0.382 e. The fourth-order valence-electron chi connectivity index (χ4n) is 1.81. The maximum atomic E-state index is 6.13. The largest absolute Gasteiger partial charge is 0.382 e. The van der Waals surface area contributed by atoms with Crippen LogP contribution >= 0.6 is 23.2 Å². The van der Waals surface area contributed by atoms with Gasteiger partial charge in [0.2, 0.25) is 5.95 Å². The highest BCUT2D eigenvalue weighted by Gasteiger charge is 2.06. The van der Waals surface area contributed by atoms with Crippen LogP contribution in [0.25, 0.3) is 0 Å². The molecule has 108 valence electrons. The first-order valence-corrected chi connectivity index (χ1v) is 7.27. The van der Waals surface area contributed by atoms with Crippen molar-refractivity contribution in [1.29, 1.82) is 0 Å². The number of hydrogen-bond donors (Lipinski definition) is 1. The lowest BCUT2D eigenvalue weighted by Crippen LogP contribution is -2.06. The van der Waals surface area contributed by atoms with E-state index in [4.69, 9.17) is 27.9 Å². The Labute approximate surface area is 128 Å². The lowest BCUT2D eigenvalue weighted by molar-refractivity contribution is 0.142. The van der Waals surface area contributed by atoms with Crippen molar-refractivity contribution in [2.45, 2.75) is 19.9 Å². The first kappa shape index (κ1) is 15.2. The number of imidazole rings is 1. The van der Waals surface area contributed by atoms with Crippen molar-refractivity contribution in [1.82, 2.24) is 9.55 Å². The van der Waals surface area contributed by atoms with Crippen molar-refractivity contribution >= 4 is 34.8 Å². The number of nitrogens with zero attached hydrogens (tertiary/aromatic N) is 2. The molecule has 1 N–H and O–H groups in total. The van der Waals surface area contributed by atoms with Crippen LogP contribution in [0, 0.1) is 0 Å². The van der Waals surface area contributed by atoms with Gasteiger partial charge < -0.3 is 14.6 Å². The summed E-state index contributed by atoms with van der Waals surface area (Å²) in [6.45, 7) is 4.31. The monoisotopic (exact) mass is 313 g/mol. The maximum Gasteiger partial charge on any atom is 0.207 e. The summed E-state index contributed by atoms with van der Waals surface area (Å²) in [5.74, 6) is 0.741. The van der Waals surface area contributed by atoms with E-state index >= 15 is 0 Å². The third-order valence-electron chi connectivity index (χ3n) is 2.78. The van der Waals surface area contributed by atoms with Gasteiger partial charge in [-0.2, -0.15) is 0 Å². The number of ether oxygens (including phenoxy) is 1. The summed E-state index contributed by atoms with van der Waals surface area (Å²) >= 11 is 12.1. The van der Waals surface area contributed by atoms with Gasteiger partial charge in [-0.05, 0) is 31.5 Å². The van der Waals surface area contributed by atoms with Crippen LogP contribution in [0.4, 0.5) is 11.6 Å². The summed E-state index contributed by atoms with van der Waals surface area (Å²) in [5, 5.41) is 4.44. The SMILES string of the molecule is CCOCCCn1ccnc1Nc1cc(Cl)ccc1Cl. The number of aromatic nitrogens is 2. The van der Waals surface area contributed by atoms with Crippen molar-refractivity contribution in [3.05, 3.63) is 40.6 Å². The predicted octanol–water partition coefficient (Wildman–Crippen LogP) is 4.36. The first-order valence-electron chi connectivity index (χ1n) is 6.51. The van der Waals surface area contributed by atoms with Crippen LogP contribution in [0.3, 0.4) is 0 Å². The molecule has 2 rings (SSSR count). The number of hydrogen-bond acceptors (Lipinski definition) is 3. The third kappa shape index (κ3) is 4.13. The molecule has 0 atom stereocenters. The minimum atomic E-state index is 0.610. The number of aryl methyl sites for hydroxylation is 1. The molecule has 0 bridgehead atoms. The standard InChI is InChI=1S/C14H17Cl2N3O/c1-2-20-9-3-7-19-8-6-17-14(19)18-13-10-11(15)4-5-12(13)16/h4-6,8,10H,2-3,7,9H2,1H3,(H,17,18). The molecular formula is C14H17Cl2N3O. The molecule has 0 aliphatic rings. The second-order valence-electron chi connectivity index (χ2n) is 4.24. The Morgan fingerprint density at radius 2 is 2.20 bits per heavy atom. The molecule has 0 amide bonds. The van der Waals surface area contributed by atoms with E-state index in [0.717, 1.165) is 37.8 Å². The van der Waals surface area contributed by atoms with Crippen molar-refractivity contribution in [2.24, 2.45) is 0 Å². The highest BCUT2D eigenvalue weighted by molar-refractivity contribution is 6.35. The highest BCUT2D eigenvalue weighted by Crippen LogP contribution is 2.27. The molecule has 0 saturated carbocycles. The number of halogens is 2. The molecule has 1 heterocycles. The molecule has 0 aliphatic heterocycles. The average Bonchev–Trinajstić information content (AvgIpc) is 2.86. The molecule has 0 spiro atoms. The summed E-state index contributed by atoms with van der Waals surface area (Å²) in [7, 11) is 0. The van der Waals surface area contributed by atoms with E-state index in [1.54, 1.807) is 24.4 Å². The predicted molar refractivity (Wildman–Crippen MR) is 83.1 cm³/mol. The second-order valence-corrected chi connectivity index (χ2v) is 5.09. The van der Waals surface area contributed by atoms with Crippen molar-refractivity contribution < 1.29 is 4.74 Å². The van der Waals surface area contributed by atoms with Crippen LogP contribution in [-0.4, -0.2) is 22.8 Å². The van der Waals surface area contributed by atoms with Gasteiger partial charge in [-0.3, -0.25) is 0 Å². The lowest BCUT2D eigenvalue weighted by Gasteiger charge is -2.11. The molecular weight excluding hydrogens is 297 g/mol. The molecule has 0 saturated heterocycles. The van der Waals surface area contributed by atoms with E-state index < -0.39 is 0 Å². The van der Waals surface area contributed by atoms with Crippen molar-refractivity contribution in [3.8, 4) is 0 Å². The normalized spacial score (nSPS) is 10.8. The van der Waals surface area contributed by atoms with Crippen molar-refractivity contribution in [3.63, 3.8) is 0 Å². The number of anilines is 2. The number of benzene rings is 1. The number of nitrogens with one attached hydrogen (secondary N) is 1. The van der Waals surface area contributed by atoms with Gasteiger partial charge in [-0.15, -0.1) is 0 Å². The van der Waals surface area contributed by atoms with Gasteiger partial charge in [0, 0.05) is 37.2 Å². The van der Waals surface area contributed by atoms with E-state index in [1.165, 1.54) is 0 Å². The van der Waals surface area contributed by atoms with Crippen LogP contribution < -0.4 is 5.32 Å². The van der Waals surface area contributed by atoms with E-state index in [9.17, 15) is 0 Å². The molecule has 0 aliphatic carbocycles. The summed E-state index contributed by atoms with van der Waals surface area (Å²) < 4.78 is 7.36. The average molecular weight is 314 g/mol. The Hall–Kier alpha value is -1.23. The first-order chi connectivity index (χ1) is 9.70. The molecule has 2 aromatic rings. The van der Waals surface area contributed by atoms with Gasteiger partial charge in [-0.1, -0.05) is 23.2 Å². The molecule has 1 aromatic heterocycles. The van der Waals surface area contributed by atoms with Crippen LogP contribution in [0.15, 0.2) is 30.6 Å². The van der Waals surface area contributed by atoms with Gasteiger partial charge in [0.15, 0.2) is 0 Å². The Kier molecular flexibility index (Phi) is 5.71. The van der Waals surface area contributed by atoms with E-state index in [2.05, 4.69) is 10.3 Å². The smallest absolute Gasteiger partial charge is 0.207 e. The molecule has 20 heavy (non-hydrogen) atoms. The second kappa shape index (κ2) is 7.53. The highest BCUT2D eigenvalue weighted by atomic mass is 35.5.